The topological polar surface area (TPSA) is 61.9 Å². The molecule has 1 N–H and O–H groups in total. The van der Waals surface area contributed by atoms with E-state index in [-0.39, 0.29) is 9.92 Å². The van der Waals surface area contributed by atoms with Crippen molar-refractivity contribution in [2.45, 2.75) is 11.3 Å². The molecule has 0 amide bonds. The lowest BCUT2D eigenvalue weighted by Crippen LogP contribution is -2.47. The molecule has 0 aromatic heterocycles. The van der Waals surface area contributed by atoms with Crippen LogP contribution in [-0.4, -0.2) is 59.7 Å². The Morgan fingerprint density at radius 2 is 1.71 bits per heavy atom. The molecule has 0 spiro atoms. The largest absolute Gasteiger partial charge is 0.497 e. The summed E-state index contributed by atoms with van der Waals surface area (Å²) in [5, 5.41) is 0.240. The van der Waals surface area contributed by atoms with E-state index in [0.29, 0.717) is 6.54 Å². The van der Waals surface area contributed by atoms with Crippen LogP contribution in [0.2, 0.25) is 5.02 Å². The predicted molar refractivity (Wildman–Crippen MR) is 113 cm³/mol. The van der Waals surface area contributed by atoms with Gasteiger partial charge in [0.15, 0.2) is 0 Å². The molecule has 0 atom stereocenters. The highest BCUT2D eigenvalue weighted by Gasteiger charge is 2.19. The van der Waals surface area contributed by atoms with E-state index in [9.17, 15) is 8.42 Å². The van der Waals surface area contributed by atoms with Gasteiger partial charge in [0.2, 0.25) is 10.0 Å². The third-order valence-corrected chi connectivity index (χ3v) is 6.84. The van der Waals surface area contributed by atoms with Crippen LogP contribution in [0.1, 0.15) is 6.42 Å². The Labute approximate surface area is 172 Å². The molecule has 28 heavy (non-hydrogen) atoms. The standard InChI is InChI=1S/C20H26ClN3O3S/c1-27-18-9-7-17(8-10-18)24-15-13-23(14-16-24)12-4-11-22-28(25,26)20-6-3-2-5-19(20)21/h2-3,5-10,22H,4,11-16H2,1H3. The summed E-state index contributed by atoms with van der Waals surface area (Å²) in [4.78, 5) is 4.85. The molecule has 2 aromatic rings. The molecule has 0 radical (unpaired) electrons. The smallest absolute Gasteiger partial charge is 0.242 e. The van der Waals surface area contributed by atoms with Crippen molar-refractivity contribution < 1.29 is 13.2 Å². The molecule has 152 valence electrons. The fourth-order valence-corrected chi connectivity index (χ4v) is 4.86. The number of halogens is 1. The highest BCUT2D eigenvalue weighted by atomic mass is 35.5. The van der Waals surface area contributed by atoms with Gasteiger partial charge in [-0.3, -0.25) is 4.90 Å². The van der Waals surface area contributed by atoms with E-state index in [4.69, 9.17) is 16.3 Å². The van der Waals surface area contributed by atoms with Crippen molar-refractivity contribution in [2.75, 3.05) is 51.3 Å². The molecule has 8 heteroatoms. The van der Waals surface area contributed by atoms with Crippen LogP contribution in [0.4, 0.5) is 5.69 Å². The predicted octanol–water partition coefficient (Wildman–Crippen LogP) is 2.84. The normalized spacial score (nSPS) is 15.6. The van der Waals surface area contributed by atoms with Crippen LogP contribution in [0.5, 0.6) is 5.75 Å². The van der Waals surface area contributed by atoms with E-state index in [2.05, 4.69) is 26.7 Å². The molecular formula is C20H26ClN3O3S. The first-order chi connectivity index (χ1) is 13.5. The first-order valence-corrected chi connectivity index (χ1v) is 11.2. The first kappa shape index (κ1) is 20.9. The van der Waals surface area contributed by atoms with Crippen molar-refractivity contribution in [1.82, 2.24) is 9.62 Å². The molecular weight excluding hydrogens is 398 g/mol. The molecule has 0 aliphatic carbocycles. The minimum Gasteiger partial charge on any atom is -0.497 e. The number of benzene rings is 2. The zero-order valence-corrected chi connectivity index (χ0v) is 17.5. The number of hydrogen-bond donors (Lipinski definition) is 1. The lowest BCUT2D eigenvalue weighted by molar-refractivity contribution is 0.255. The number of rotatable bonds is 8. The van der Waals surface area contributed by atoms with Gasteiger partial charge in [-0.15, -0.1) is 0 Å². The van der Waals surface area contributed by atoms with Crippen molar-refractivity contribution in [3.05, 3.63) is 53.6 Å². The van der Waals surface area contributed by atoms with Gasteiger partial charge in [0.25, 0.3) is 0 Å². The molecule has 1 aliphatic rings. The average molecular weight is 424 g/mol. The number of methoxy groups -OCH3 is 1. The SMILES string of the molecule is COc1ccc(N2CCN(CCCNS(=O)(=O)c3ccccc3Cl)CC2)cc1. The van der Waals surface area contributed by atoms with E-state index in [1.807, 2.05) is 12.1 Å². The lowest BCUT2D eigenvalue weighted by Gasteiger charge is -2.36. The summed E-state index contributed by atoms with van der Waals surface area (Å²) in [6.45, 7) is 5.09. The van der Waals surface area contributed by atoms with Crippen LogP contribution in [0, 0.1) is 0 Å². The van der Waals surface area contributed by atoms with Crippen LogP contribution in [-0.2, 0) is 10.0 Å². The summed E-state index contributed by atoms with van der Waals surface area (Å²) in [7, 11) is -1.89. The van der Waals surface area contributed by atoms with Gasteiger partial charge in [0, 0.05) is 38.4 Å². The number of sulfonamides is 1. The third-order valence-electron chi connectivity index (χ3n) is 4.88. The number of ether oxygens (including phenoxy) is 1. The van der Waals surface area contributed by atoms with Gasteiger partial charge >= 0.3 is 0 Å². The molecule has 2 aromatic carbocycles. The summed E-state index contributed by atoms with van der Waals surface area (Å²) >= 11 is 5.99. The second-order valence-electron chi connectivity index (χ2n) is 6.71. The number of anilines is 1. The maximum Gasteiger partial charge on any atom is 0.242 e. The monoisotopic (exact) mass is 423 g/mol. The van der Waals surface area contributed by atoms with Crippen molar-refractivity contribution in [2.24, 2.45) is 0 Å². The highest BCUT2D eigenvalue weighted by molar-refractivity contribution is 7.89. The van der Waals surface area contributed by atoms with Gasteiger partial charge in [0.05, 0.1) is 12.1 Å². The summed E-state index contributed by atoms with van der Waals surface area (Å²) in [5.41, 5.74) is 1.20. The number of nitrogens with one attached hydrogen (secondary N) is 1. The molecule has 1 fully saturated rings. The Bertz CT molecular complexity index is 867. The average Bonchev–Trinajstić information content (AvgIpc) is 2.72. The van der Waals surface area contributed by atoms with Gasteiger partial charge in [-0.1, -0.05) is 23.7 Å². The summed E-state index contributed by atoms with van der Waals surface area (Å²) in [5.74, 6) is 0.863. The Balaban J connectivity index is 1.40. The van der Waals surface area contributed by atoms with E-state index >= 15 is 0 Å². The quantitative estimate of drug-likeness (QED) is 0.661. The molecule has 1 saturated heterocycles. The minimum atomic E-state index is -3.56. The molecule has 6 nitrogen and oxygen atoms in total. The van der Waals surface area contributed by atoms with E-state index in [1.54, 1.807) is 25.3 Å². The van der Waals surface area contributed by atoms with Gasteiger partial charge in [-0.25, -0.2) is 13.1 Å². The van der Waals surface area contributed by atoms with Crippen molar-refractivity contribution >= 4 is 27.3 Å². The fraction of sp³-hybridized carbons (Fsp3) is 0.400. The fourth-order valence-electron chi connectivity index (χ4n) is 3.27. The summed E-state index contributed by atoms with van der Waals surface area (Å²) < 4.78 is 32.5. The van der Waals surface area contributed by atoms with E-state index in [1.165, 1.54) is 11.8 Å². The van der Waals surface area contributed by atoms with Crippen LogP contribution in [0.25, 0.3) is 0 Å². The van der Waals surface area contributed by atoms with Crippen molar-refractivity contribution in [3.8, 4) is 5.75 Å². The van der Waals surface area contributed by atoms with Crippen LogP contribution in [0.15, 0.2) is 53.4 Å². The molecule has 0 saturated carbocycles. The Kier molecular flexibility index (Phi) is 7.18. The molecule has 3 rings (SSSR count). The number of hydrogen-bond acceptors (Lipinski definition) is 5. The minimum absolute atomic E-state index is 0.129. The van der Waals surface area contributed by atoms with E-state index < -0.39 is 10.0 Å². The van der Waals surface area contributed by atoms with Gasteiger partial charge in [0.1, 0.15) is 10.6 Å². The zero-order valence-electron chi connectivity index (χ0n) is 16.0. The van der Waals surface area contributed by atoms with Crippen molar-refractivity contribution in [3.63, 3.8) is 0 Å². The van der Waals surface area contributed by atoms with Gasteiger partial charge in [-0.05, 0) is 49.4 Å². The Hall–Kier alpha value is -1.80. The summed E-state index contributed by atoms with van der Waals surface area (Å²) in [6, 6.07) is 14.6. The molecule has 1 heterocycles. The second-order valence-corrected chi connectivity index (χ2v) is 8.85. The summed E-state index contributed by atoms with van der Waals surface area (Å²) in [6.07, 6.45) is 0.756. The Morgan fingerprint density at radius 3 is 2.36 bits per heavy atom. The van der Waals surface area contributed by atoms with Gasteiger partial charge < -0.3 is 9.64 Å². The first-order valence-electron chi connectivity index (χ1n) is 9.35. The van der Waals surface area contributed by atoms with Crippen molar-refractivity contribution in [1.29, 1.82) is 0 Å². The maximum atomic E-state index is 12.3. The second kappa shape index (κ2) is 9.60. The molecule has 0 bridgehead atoms. The molecule has 1 aliphatic heterocycles. The number of nitrogens with zero attached hydrogens (tertiary/aromatic N) is 2. The van der Waals surface area contributed by atoms with Crippen LogP contribution < -0.4 is 14.4 Å². The zero-order chi connectivity index (χ0) is 20.0. The van der Waals surface area contributed by atoms with E-state index in [0.717, 1.165) is 44.9 Å². The van der Waals surface area contributed by atoms with Crippen LogP contribution in [0.3, 0.4) is 0 Å². The lowest BCUT2D eigenvalue weighted by atomic mass is 10.2. The van der Waals surface area contributed by atoms with Gasteiger partial charge in [-0.2, -0.15) is 0 Å². The maximum absolute atomic E-state index is 12.3. The molecule has 0 unspecified atom stereocenters. The highest BCUT2D eigenvalue weighted by Crippen LogP contribution is 2.21. The Morgan fingerprint density at radius 1 is 1.04 bits per heavy atom. The number of piperazine rings is 1. The third kappa shape index (κ3) is 5.38. The van der Waals surface area contributed by atoms with Crippen LogP contribution >= 0.6 is 11.6 Å².